The first kappa shape index (κ1) is 32.7. The fourth-order valence-electron chi connectivity index (χ4n) is 4.04. The lowest BCUT2D eigenvalue weighted by atomic mass is 10.2. The summed E-state index contributed by atoms with van der Waals surface area (Å²) in [4.78, 5) is 20.7. The van der Waals surface area contributed by atoms with Crippen LogP contribution in [-0.2, 0) is 31.0 Å². The Morgan fingerprint density at radius 3 is 1.98 bits per heavy atom. The topological polar surface area (TPSA) is 138 Å². The van der Waals surface area contributed by atoms with E-state index < -0.39 is 54.9 Å². The zero-order chi connectivity index (χ0) is 32.4. The molecule has 0 aliphatic heterocycles. The Balaban J connectivity index is 1.60. The summed E-state index contributed by atoms with van der Waals surface area (Å²) in [5, 5.41) is 1.79. The highest BCUT2D eigenvalue weighted by atomic mass is 35.5. The number of amides is 1. The van der Waals surface area contributed by atoms with E-state index >= 15 is 0 Å². The molecule has 0 radical (unpaired) electrons. The van der Waals surface area contributed by atoms with Crippen LogP contribution in [0.1, 0.15) is 22.5 Å². The van der Waals surface area contributed by atoms with E-state index in [-0.39, 0.29) is 21.4 Å². The Labute approximate surface area is 257 Å². The molecule has 0 bridgehead atoms. The summed E-state index contributed by atoms with van der Waals surface area (Å²) in [6.07, 6.45) is -4.89. The van der Waals surface area contributed by atoms with Crippen molar-refractivity contribution in [1.82, 2.24) is 9.97 Å². The first-order valence-electron chi connectivity index (χ1n) is 12.7. The molecule has 0 saturated heterocycles. The van der Waals surface area contributed by atoms with Gasteiger partial charge in [0, 0.05) is 17.1 Å². The quantitative estimate of drug-likeness (QED) is 0.233. The van der Waals surface area contributed by atoms with E-state index in [9.17, 15) is 34.8 Å². The van der Waals surface area contributed by atoms with Crippen molar-refractivity contribution in [2.75, 3.05) is 20.9 Å². The molecule has 10 nitrogen and oxygen atoms in total. The third-order valence-electron chi connectivity index (χ3n) is 6.10. The number of nitrogens with zero attached hydrogens (tertiary/aromatic N) is 3. The second-order valence-electron chi connectivity index (χ2n) is 9.64. The summed E-state index contributed by atoms with van der Waals surface area (Å²) >= 11 is 5.73. The van der Waals surface area contributed by atoms with Crippen LogP contribution in [-0.4, -0.2) is 39.3 Å². The van der Waals surface area contributed by atoms with Crippen LogP contribution in [0.4, 0.5) is 30.5 Å². The van der Waals surface area contributed by atoms with Crippen LogP contribution < -0.4 is 14.3 Å². The first-order valence-corrected chi connectivity index (χ1v) is 16.0. The van der Waals surface area contributed by atoms with Crippen molar-refractivity contribution in [3.63, 3.8) is 0 Å². The highest BCUT2D eigenvalue weighted by Crippen LogP contribution is 2.38. The van der Waals surface area contributed by atoms with Gasteiger partial charge in [0.15, 0.2) is 0 Å². The van der Waals surface area contributed by atoms with Crippen molar-refractivity contribution in [3.8, 4) is 0 Å². The number of hydrogen-bond acceptors (Lipinski definition) is 7. The summed E-state index contributed by atoms with van der Waals surface area (Å²) in [6.45, 7) is 4.17. The number of carbonyl (C=O) groups is 1. The number of nitrogens with one attached hydrogen (secondary N) is 2. The van der Waals surface area contributed by atoms with Crippen molar-refractivity contribution < 1.29 is 34.8 Å². The lowest BCUT2D eigenvalue weighted by molar-refractivity contribution is -0.137. The molecule has 1 amide bonds. The van der Waals surface area contributed by atoms with Gasteiger partial charge < -0.3 is 5.32 Å². The van der Waals surface area contributed by atoms with Crippen LogP contribution in [0.25, 0.3) is 0 Å². The molecule has 3 aromatic carbocycles. The van der Waals surface area contributed by atoms with Crippen molar-refractivity contribution in [3.05, 3.63) is 100 Å². The number of benzene rings is 3. The number of alkyl halides is 3. The van der Waals surface area contributed by atoms with Crippen molar-refractivity contribution >= 4 is 54.9 Å². The molecule has 0 unspecified atom stereocenters. The Hall–Kier alpha value is -4.21. The van der Waals surface area contributed by atoms with Gasteiger partial charge in [-0.1, -0.05) is 29.3 Å². The maximum Gasteiger partial charge on any atom is 0.417 e. The highest BCUT2D eigenvalue weighted by molar-refractivity contribution is 7.93. The fraction of sp³-hybridized carbons (Fsp3) is 0.179. The van der Waals surface area contributed by atoms with E-state index in [1.54, 1.807) is 26.8 Å². The zero-order valence-corrected chi connectivity index (χ0v) is 25.7. The van der Waals surface area contributed by atoms with Crippen molar-refractivity contribution in [2.24, 2.45) is 0 Å². The number of halogens is 4. The number of rotatable bonds is 9. The molecular formula is C28H25ClF3N5O5S2. The molecule has 0 aliphatic rings. The van der Waals surface area contributed by atoms with Gasteiger partial charge in [0.25, 0.3) is 20.0 Å². The van der Waals surface area contributed by atoms with Gasteiger partial charge in [0.2, 0.25) is 11.9 Å². The molecule has 2 N–H and O–H groups in total. The van der Waals surface area contributed by atoms with Gasteiger partial charge in [-0.25, -0.2) is 31.5 Å². The van der Waals surface area contributed by atoms with Gasteiger partial charge in [0.1, 0.15) is 6.54 Å². The number of aryl methyl sites for hydroxylation is 3. The molecule has 1 heterocycles. The third-order valence-corrected chi connectivity index (χ3v) is 9.56. The predicted octanol–water partition coefficient (Wildman–Crippen LogP) is 5.71. The number of aromatic nitrogens is 2. The zero-order valence-electron chi connectivity index (χ0n) is 23.3. The number of hydrogen-bond donors (Lipinski definition) is 2. The lowest BCUT2D eigenvalue weighted by Crippen LogP contribution is -2.38. The molecule has 0 aliphatic carbocycles. The van der Waals surface area contributed by atoms with Crippen LogP contribution >= 0.6 is 11.6 Å². The fourth-order valence-corrected chi connectivity index (χ4v) is 6.62. The van der Waals surface area contributed by atoms with Crippen LogP contribution in [0.3, 0.4) is 0 Å². The number of carbonyl (C=O) groups excluding carboxylic acids is 1. The maximum absolute atomic E-state index is 13.6. The van der Waals surface area contributed by atoms with E-state index in [4.69, 9.17) is 11.6 Å². The van der Waals surface area contributed by atoms with Crippen LogP contribution in [0.2, 0.25) is 5.02 Å². The number of sulfonamides is 2. The van der Waals surface area contributed by atoms with Gasteiger partial charge in [-0.15, -0.1) is 0 Å². The molecule has 232 valence electrons. The SMILES string of the molecule is Cc1ccc(S(=O)(=O)N(CC(=O)Nc2ccc(S(=O)(=O)Nc3nc(C)cc(C)n3)cc2)c2ccc(Cl)c(C(F)(F)F)c2)cc1. The second kappa shape index (κ2) is 12.4. The first-order chi connectivity index (χ1) is 20.5. The monoisotopic (exact) mass is 667 g/mol. The van der Waals surface area contributed by atoms with Gasteiger partial charge in [-0.2, -0.15) is 13.2 Å². The van der Waals surface area contributed by atoms with E-state index in [1.807, 2.05) is 0 Å². The molecular weight excluding hydrogens is 643 g/mol. The van der Waals surface area contributed by atoms with Gasteiger partial charge in [-0.05, 0) is 81.4 Å². The summed E-state index contributed by atoms with van der Waals surface area (Å²) in [7, 11) is -8.63. The minimum absolute atomic E-state index is 0.0939. The largest absolute Gasteiger partial charge is 0.417 e. The lowest BCUT2D eigenvalue weighted by Gasteiger charge is -2.25. The summed E-state index contributed by atoms with van der Waals surface area (Å²) in [6, 6.07) is 14.6. The van der Waals surface area contributed by atoms with Crippen LogP contribution in [0.15, 0.2) is 82.6 Å². The molecule has 44 heavy (non-hydrogen) atoms. The highest BCUT2D eigenvalue weighted by Gasteiger charge is 2.35. The molecule has 0 saturated carbocycles. The maximum atomic E-state index is 13.6. The molecule has 0 spiro atoms. The Morgan fingerprint density at radius 1 is 0.841 bits per heavy atom. The molecule has 4 aromatic rings. The van der Waals surface area contributed by atoms with E-state index in [1.165, 1.54) is 48.5 Å². The summed E-state index contributed by atoms with van der Waals surface area (Å²) in [5.74, 6) is -1.03. The second-order valence-corrected chi connectivity index (χ2v) is 13.6. The Bertz CT molecular complexity index is 1900. The minimum Gasteiger partial charge on any atom is -0.325 e. The molecule has 4 rings (SSSR count). The van der Waals surface area contributed by atoms with Crippen LogP contribution in [0, 0.1) is 20.8 Å². The van der Waals surface area contributed by atoms with Gasteiger partial charge in [0.05, 0.1) is 26.1 Å². The van der Waals surface area contributed by atoms with Crippen molar-refractivity contribution in [2.45, 2.75) is 36.7 Å². The van der Waals surface area contributed by atoms with E-state index in [2.05, 4.69) is 20.0 Å². The summed E-state index contributed by atoms with van der Waals surface area (Å²) in [5.41, 5.74) is 0.217. The average molecular weight is 668 g/mol. The smallest absolute Gasteiger partial charge is 0.325 e. The third kappa shape index (κ3) is 7.65. The van der Waals surface area contributed by atoms with Crippen LogP contribution in [0.5, 0.6) is 0 Å². The van der Waals surface area contributed by atoms with E-state index in [0.29, 0.717) is 21.8 Å². The van der Waals surface area contributed by atoms with E-state index in [0.717, 1.165) is 17.7 Å². The predicted molar refractivity (Wildman–Crippen MR) is 160 cm³/mol. The Morgan fingerprint density at radius 2 is 1.41 bits per heavy atom. The normalized spacial score (nSPS) is 12.1. The average Bonchev–Trinajstić information content (AvgIpc) is 2.91. The standard InChI is InChI=1S/C28H25ClF3N5O5S2/c1-17-4-9-23(10-5-17)44(41,42)37(21-8-13-25(29)24(15-21)28(30,31)32)16-26(38)35-20-6-11-22(12-7-20)43(39,40)36-27-33-18(2)14-19(3)34-27/h4-15H,16H2,1-3H3,(H,35,38)(H,33,34,36). The molecule has 0 fully saturated rings. The molecule has 0 atom stereocenters. The van der Waals surface area contributed by atoms with Crippen molar-refractivity contribution in [1.29, 1.82) is 0 Å². The molecule has 1 aromatic heterocycles. The minimum atomic E-state index is -4.89. The molecule has 16 heteroatoms. The Kier molecular flexibility index (Phi) is 9.23. The van der Waals surface area contributed by atoms with Gasteiger partial charge in [-0.3, -0.25) is 9.10 Å². The summed E-state index contributed by atoms with van der Waals surface area (Å²) < 4.78 is 96.3. The number of anilines is 3. The van der Waals surface area contributed by atoms with Gasteiger partial charge >= 0.3 is 6.18 Å².